The van der Waals surface area contributed by atoms with Crippen molar-refractivity contribution in [2.75, 3.05) is 11.1 Å². The fourth-order valence-electron chi connectivity index (χ4n) is 3.99. The van der Waals surface area contributed by atoms with E-state index in [2.05, 4.69) is 63.8 Å². The molecular formula is C27H30Cl2IN5O2S. The van der Waals surface area contributed by atoms with Crippen LogP contribution in [0.4, 0.5) is 5.69 Å². The van der Waals surface area contributed by atoms with E-state index in [1.165, 1.54) is 17.8 Å². The predicted octanol–water partition coefficient (Wildman–Crippen LogP) is 7.24. The summed E-state index contributed by atoms with van der Waals surface area (Å²) in [5, 5.41) is 16.1. The van der Waals surface area contributed by atoms with Crippen molar-refractivity contribution in [3.8, 4) is 0 Å². The Bertz CT molecular complexity index is 1320. The average Bonchev–Trinajstić information content (AvgIpc) is 3.22. The average molecular weight is 686 g/mol. The van der Waals surface area contributed by atoms with Gasteiger partial charge in [0.2, 0.25) is 5.91 Å². The number of anilines is 1. The van der Waals surface area contributed by atoms with Gasteiger partial charge < -0.3 is 15.2 Å². The fraction of sp³-hybridized carbons (Fsp3) is 0.333. The lowest BCUT2D eigenvalue weighted by Gasteiger charge is -2.21. The Morgan fingerprint density at radius 2 is 1.84 bits per heavy atom. The van der Waals surface area contributed by atoms with Gasteiger partial charge >= 0.3 is 0 Å². The molecule has 0 saturated carbocycles. The second-order valence-corrected chi connectivity index (χ2v) is 12.3. The number of allylic oxidation sites excluding steroid dienone is 1. The van der Waals surface area contributed by atoms with Gasteiger partial charge in [-0.3, -0.25) is 9.59 Å². The van der Waals surface area contributed by atoms with Crippen LogP contribution in [-0.2, 0) is 11.3 Å². The monoisotopic (exact) mass is 685 g/mol. The van der Waals surface area contributed by atoms with Gasteiger partial charge in [0.25, 0.3) is 5.91 Å². The van der Waals surface area contributed by atoms with Crippen molar-refractivity contribution in [1.82, 2.24) is 20.1 Å². The molecule has 1 heterocycles. The number of hydrogen-bond acceptors (Lipinski definition) is 5. The number of amides is 2. The summed E-state index contributed by atoms with van der Waals surface area (Å²) < 4.78 is 3.00. The molecule has 3 rings (SSSR count). The summed E-state index contributed by atoms with van der Waals surface area (Å²) in [6.45, 7) is 12.4. The molecule has 0 bridgehead atoms. The van der Waals surface area contributed by atoms with Gasteiger partial charge in [-0.2, -0.15) is 0 Å². The first-order valence-corrected chi connectivity index (χ1v) is 14.8. The zero-order valence-electron chi connectivity index (χ0n) is 21.6. The van der Waals surface area contributed by atoms with Crippen molar-refractivity contribution in [1.29, 1.82) is 0 Å². The van der Waals surface area contributed by atoms with Crippen LogP contribution >= 0.6 is 57.6 Å². The van der Waals surface area contributed by atoms with Crippen LogP contribution in [0, 0.1) is 23.3 Å². The summed E-state index contributed by atoms with van der Waals surface area (Å²) in [4.78, 5) is 25.9. The predicted molar refractivity (Wildman–Crippen MR) is 164 cm³/mol. The van der Waals surface area contributed by atoms with Gasteiger partial charge in [0.05, 0.1) is 22.4 Å². The molecule has 0 radical (unpaired) electrons. The van der Waals surface area contributed by atoms with E-state index in [4.69, 9.17) is 23.2 Å². The van der Waals surface area contributed by atoms with E-state index in [0.717, 1.165) is 20.4 Å². The molecule has 7 nitrogen and oxygen atoms in total. The summed E-state index contributed by atoms with van der Waals surface area (Å²) in [6.07, 6.45) is 2.36. The molecule has 1 atom stereocenters. The lowest BCUT2D eigenvalue weighted by Crippen LogP contribution is -2.32. The van der Waals surface area contributed by atoms with Crippen LogP contribution in [0.5, 0.6) is 0 Å². The van der Waals surface area contributed by atoms with Gasteiger partial charge in [-0.05, 0) is 90.2 Å². The highest BCUT2D eigenvalue weighted by molar-refractivity contribution is 14.1. The third-order valence-electron chi connectivity index (χ3n) is 5.65. The molecule has 2 amide bonds. The molecule has 0 fully saturated rings. The fourth-order valence-corrected chi connectivity index (χ4v) is 6.17. The van der Waals surface area contributed by atoms with Crippen LogP contribution in [0.3, 0.4) is 0 Å². The van der Waals surface area contributed by atoms with Crippen molar-refractivity contribution >= 4 is 75.1 Å². The first-order chi connectivity index (χ1) is 18.0. The van der Waals surface area contributed by atoms with E-state index in [0.29, 0.717) is 34.5 Å². The highest BCUT2D eigenvalue weighted by Crippen LogP contribution is 2.28. The molecule has 0 saturated heterocycles. The Hall–Kier alpha value is -2.08. The summed E-state index contributed by atoms with van der Waals surface area (Å²) in [5.74, 6) is 0.534. The van der Waals surface area contributed by atoms with Crippen molar-refractivity contribution in [2.45, 2.75) is 51.9 Å². The molecule has 1 aromatic heterocycles. The zero-order valence-corrected chi connectivity index (χ0v) is 26.1. The number of hydrogen-bond donors (Lipinski definition) is 2. The van der Waals surface area contributed by atoms with Crippen LogP contribution in [0.25, 0.3) is 0 Å². The number of carbonyl (C=O) groups excluding carboxylic acids is 2. The van der Waals surface area contributed by atoms with E-state index in [9.17, 15) is 9.59 Å². The molecular weight excluding hydrogens is 656 g/mol. The van der Waals surface area contributed by atoms with E-state index in [-0.39, 0.29) is 28.5 Å². The minimum absolute atomic E-state index is 0.137. The van der Waals surface area contributed by atoms with Crippen LogP contribution < -0.4 is 10.6 Å². The van der Waals surface area contributed by atoms with Crippen molar-refractivity contribution in [3.05, 3.63) is 79.1 Å². The highest BCUT2D eigenvalue weighted by atomic mass is 127. The Kier molecular flexibility index (Phi) is 11.1. The smallest absolute Gasteiger partial charge is 0.253 e. The maximum absolute atomic E-state index is 13.1. The minimum Gasteiger partial charge on any atom is -0.342 e. The minimum atomic E-state index is -0.429. The lowest BCUT2D eigenvalue weighted by atomic mass is 10.0. The molecule has 38 heavy (non-hydrogen) atoms. The largest absolute Gasteiger partial charge is 0.342 e. The second-order valence-electron chi connectivity index (χ2n) is 9.27. The number of nitrogens with one attached hydrogen (secondary N) is 2. The molecule has 11 heteroatoms. The maximum atomic E-state index is 13.1. The molecule has 0 aliphatic rings. The van der Waals surface area contributed by atoms with Crippen LogP contribution in [0.1, 0.15) is 53.6 Å². The number of halogens is 3. The number of thioether (sulfide) groups is 1. The molecule has 0 aliphatic carbocycles. The van der Waals surface area contributed by atoms with Gasteiger partial charge in [-0.1, -0.05) is 54.9 Å². The number of nitrogens with zero attached hydrogens (tertiary/aromatic N) is 3. The second kappa shape index (κ2) is 13.8. The van der Waals surface area contributed by atoms with Crippen molar-refractivity contribution in [2.24, 2.45) is 5.92 Å². The molecule has 2 N–H and O–H groups in total. The van der Waals surface area contributed by atoms with E-state index >= 15 is 0 Å². The Morgan fingerprint density at radius 3 is 2.45 bits per heavy atom. The van der Waals surface area contributed by atoms with Gasteiger partial charge in [0, 0.05) is 20.8 Å². The topological polar surface area (TPSA) is 88.9 Å². The number of aryl methyl sites for hydroxylation is 2. The highest BCUT2D eigenvalue weighted by Gasteiger charge is 2.25. The summed E-state index contributed by atoms with van der Waals surface area (Å²) in [5.41, 5.74) is 3.17. The van der Waals surface area contributed by atoms with Gasteiger partial charge in [-0.15, -0.1) is 16.8 Å². The van der Waals surface area contributed by atoms with Gasteiger partial charge in [0.1, 0.15) is 0 Å². The number of rotatable bonds is 11. The SMILES string of the molecule is C=CCn1c(SCC(=O)Nc2c(C)cc(I)cc2C)nnc1[C@H](CC(C)C)NC(=O)c1ccc(Cl)cc1Cl. The lowest BCUT2D eigenvalue weighted by molar-refractivity contribution is -0.113. The molecule has 0 aliphatic heterocycles. The molecule has 2 aromatic carbocycles. The van der Waals surface area contributed by atoms with Crippen molar-refractivity contribution in [3.63, 3.8) is 0 Å². The van der Waals surface area contributed by atoms with E-state index in [1.54, 1.807) is 18.2 Å². The van der Waals surface area contributed by atoms with E-state index in [1.807, 2.05) is 30.5 Å². The molecule has 0 spiro atoms. The van der Waals surface area contributed by atoms with E-state index < -0.39 is 6.04 Å². The number of carbonyl (C=O) groups is 2. The third-order valence-corrected chi connectivity index (χ3v) is 7.79. The summed E-state index contributed by atoms with van der Waals surface area (Å²) in [6, 6.07) is 8.39. The molecule has 0 unspecified atom stereocenters. The van der Waals surface area contributed by atoms with Gasteiger partial charge in [0.15, 0.2) is 11.0 Å². The Balaban J connectivity index is 1.80. The maximum Gasteiger partial charge on any atom is 0.253 e. The number of benzene rings is 2. The van der Waals surface area contributed by atoms with Crippen LogP contribution in [-0.4, -0.2) is 32.3 Å². The Morgan fingerprint density at radius 1 is 1.16 bits per heavy atom. The van der Waals surface area contributed by atoms with Gasteiger partial charge in [-0.25, -0.2) is 0 Å². The first-order valence-electron chi connectivity index (χ1n) is 12.0. The Labute approximate surface area is 251 Å². The zero-order chi connectivity index (χ0) is 28.0. The normalized spacial score (nSPS) is 11.9. The van der Waals surface area contributed by atoms with Crippen LogP contribution in [0.2, 0.25) is 10.0 Å². The summed E-state index contributed by atoms with van der Waals surface area (Å²) >= 11 is 15.8. The number of aromatic nitrogens is 3. The molecule has 202 valence electrons. The van der Waals surface area contributed by atoms with Crippen LogP contribution in [0.15, 0.2) is 48.1 Å². The molecule has 3 aromatic rings. The van der Waals surface area contributed by atoms with Crippen molar-refractivity contribution < 1.29 is 9.59 Å². The first kappa shape index (κ1) is 30.5. The quantitative estimate of drug-likeness (QED) is 0.126. The third kappa shape index (κ3) is 7.97. The summed E-state index contributed by atoms with van der Waals surface area (Å²) in [7, 11) is 0. The standard InChI is InChI=1S/C27H30Cl2IN5O2S/c1-6-9-35-25(22(10-15(2)3)31-26(37)20-8-7-18(28)13-21(20)29)33-34-27(35)38-14-23(36)32-24-16(4)11-19(30)12-17(24)5/h6-8,11-13,15,22H,1,9-10,14H2,2-5H3,(H,31,37)(H,32,36)/t22-/m0/s1.